The maximum absolute atomic E-state index is 11.8. The number of carbonyl (C=O) groups excluding carboxylic acids is 1. The topological polar surface area (TPSA) is 75.6 Å². The second-order valence-electron chi connectivity index (χ2n) is 4.89. The Bertz CT molecular complexity index is 459. The number of nitrogens with two attached hydrogens (primary N) is 1. The van der Waals surface area contributed by atoms with E-state index in [0.717, 1.165) is 13.1 Å². The number of carbonyl (C=O) groups is 1. The summed E-state index contributed by atoms with van der Waals surface area (Å²) in [6, 6.07) is 3.56. The van der Waals surface area contributed by atoms with Gasteiger partial charge in [-0.05, 0) is 38.1 Å². The molecule has 1 saturated heterocycles. The van der Waals surface area contributed by atoms with Crippen molar-refractivity contribution in [3.8, 4) is 0 Å². The minimum atomic E-state index is -0.242. The molecule has 1 aromatic heterocycles. The van der Waals surface area contributed by atoms with Gasteiger partial charge in [0.2, 0.25) is 0 Å². The zero-order valence-corrected chi connectivity index (χ0v) is 11.3. The third-order valence-corrected chi connectivity index (χ3v) is 3.31. The van der Waals surface area contributed by atoms with Crippen molar-refractivity contribution >= 4 is 11.7 Å². The number of aryl methyl sites for hydroxylation is 1. The van der Waals surface area contributed by atoms with E-state index >= 15 is 0 Å². The van der Waals surface area contributed by atoms with Gasteiger partial charge in [-0.1, -0.05) is 6.42 Å². The zero-order valence-electron chi connectivity index (χ0n) is 11.3. The van der Waals surface area contributed by atoms with Crippen LogP contribution in [0.2, 0.25) is 0 Å². The molecular weight excluding hydrogens is 242 g/mol. The highest BCUT2D eigenvalue weighted by atomic mass is 16.2. The minimum absolute atomic E-state index is 0.242. The molecule has 1 aliphatic heterocycles. The average molecular weight is 263 g/mol. The van der Waals surface area contributed by atoms with Crippen LogP contribution in [0.25, 0.3) is 0 Å². The Kier molecular flexibility index (Phi) is 4.57. The van der Waals surface area contributed by atoms with Gasteiger partial charge < -0.3 is 10.3 Å². The standard InChI is InChI=1S/C13H21N5O/c1-17-7-5-6-11(17)13(19)16-15-12(14)10-18-8-3-2-4-9-18/h5-7H,2-4,8-10H2,1H3,(H2,14,15)(H,16,19). The monoisotopic (exact) mass is 263 g/mol. The molecule has 1 aromatic rings. The molecule has 6 nitrogen and oxygen atoms in total. The minimum Gasteiger partial charge on any atom is -0.385 e. The summed E-state index contributed by atoms with van der Waals surface area (Å²) in [4.78, 5) is 14.1. The lowest BCUT2D eigenvalue weighted by Gasteiger charge is -2.25. The molecule has 0 atom stereocenters. The molecule has 2 rings (SSSR count). The number of nitrogens with one attached hydrogen (secondary N) is 1. The van der Waals surface area contributed by atoms with Crippen molar-refractivity contribution in [1.82, 2.24) is 14.9 Å². The van der Waals surface area contributed by atoms with Crippen LogP contribution in [0.3, 0.4) is 0 Å². The SMILES string of the molecule is Cn1cccc1C(=O)NN=C(N)CN1CCCCC1. The van der Waals surface area contributed by atoms with E-state index in [1.54, 1.807) is 10.6 Å². The Morgan fingerprint density at radius 1 is 1.42 bits per heavy atom. The maximum Gasteiger partial charge on any atom is 0.288 e. The van der Waals surface area contributed by atoms with Crippen molar-refractivity contribution in [3.63, 3.8) is 0 Å². The highest BCUT2D eigenvalue weighted by Crippen LogP contribution is 2.07. The molecule has 0 spiro atoms. The molecule has 19 heavy (non-hydrogen) atoms. The van der Waals surface area contributed by atoms with E-state index in [0.29, 0.717) is 18.1 Å². The predicted molar refractivity (Wildman–Crippen MR) is 74.8 cm³/mol. The summed E-state index contributed by atoms with van der Waals surface area (Å²) in [7, 11) is 1.82. The normalized spacial score (nSPS) is 17.4. The van der Waals surface area contributed by atoms with E-state index in [4.69, 9.17) is 5.73 Å². The fraction of sp³-hybridized carbons (Fsp3) is 0.538. The van der Waals surface area contributed by atoms with Crippen molar-refractivity contribution in [2.45, 2.75) is 19.3 Å². The third-order valence-electron chi connectivity index (χ3n) is 3.31. The molecular formula is C13H21N5O. The van der Waals surface area contributed by atoms with Gasteiger partial charge in [0.25, 0.3) is 5.91 Å². The average Bonchev–Trinajstić information content (AvgIpc) is 2.83. The molecule has 0 aliphatic carbocycles. The number of hydrogen-bond acceptors (Lipinski definition) is 3. The van der Waals surface area contributed by atoms with Crippen LogP contribution in [0.1, 0.15) is 29.8 Å². The van der Waals surface area contributed by atoms with Crippen molar-refractivity contribution < 1.29 is 4.79 Å². The van der Waals surface area contributed by atoms with Crippen LogP contribution in [0.4, 0.5) is 0 Å². The maximum atomic E-state index is 11.8. The van der Waals surface area contributed by atoms with E-state index in [1.807, 2.05) is 19.3 Å². The molecule has 6 heteroatoms. The Balaban J connectivity index is 1.84. The van der Waals surface area contributed by atoms with Crippen LogP contribution >= 0.6 is 0 Å². The lowest BCUT2D eigenvalue weighted by Crippen LogP contribution is -2.38. The van der Waals surface area contributed by atoms with Crippen molar-refractivity contribution in [2.24, 2.45) is 17.9 Å². The highest BCUT2D eigenvalue weighted by Gasteiger charge is 2.12. The van der Waals surface area contributed by atoms with Crippen LogP contribution in [0.5, 0.6) is 0 Å². The van der Waals surface area contributed by atoms with Gasteiger partial charge in [-0.15, -0.1) is 0 Å². The largest absolute Gasteiger partial charge is 0.385 e. The molecule has 0 bridgehead atoms. The van der Waals surface area contributed by atoms with E-state index in [-0.39, 0.29) is 5.91 Å². The van der Waals surface area contributed by atoms with Crippen LogP contribution < -0.4 is 11.2 Å². The molecule has 104 valence electrons. The summed E-state index contributed by atoms with van der Waals surface area (Å²) in [6.45, 7) is 2.73. The summed E-state index contributed by atoms with van der Waals surface area (Å²) in [5, 5.41) is 3.96. The Morgan fingerprint density at radius 2 is 2.16 bits per heavy atom. The van der Waals surface area contributed by atoms with E-state index in [2.05, 4.69) is 15.4 Å². The van der Waals surface area contributed by atoms with Gasteiger partial charge in [0.15, 0.2) is 0 Å². The molecule has 3 N–H and O–H groups in total. The smallest absolute Gasteiger partial charge is 0.288 e. The Morgan fingerprint density at radius 3 is 2.79 bits per heavy atom. The lowest BCUT2D eigenvalue weighted by atomic mass is 10.1. The number of nitrogens with zero attached hydrogens (tertiary/aromatic N) is 3. The second kappa shape index (κ2) is 6.38. The van der Waals surface area contributed by atoms with Crippen molar-refractivity contribution in [2.75, 3.05) is 19.6 Å². The van der Waals surface area contributed by atoms with E-state index in [1.165, 1.54) is 19.3 Å². The fourth-order valence-corrected chi connectivity index (χ4v) is 2.26. The zero-order chi connectivity index (χ0) is 13.7. The highest BCUT2D eigenvalue weighted by molar-refractivity contribution is 5.93. The van der Waals surface area contributed by atoms with Crippen molar-refractivity contribution in [3.05, 3.63) is 24.0 Å². The van der Waals surface area contributed by atoms with Gasteiger partial charge in [-0.3, -0.25) is 9.69 Å². The van der Waals surface area contributed by atoms with Gasteiger partial charge in [0.05, 0.1) is 6.54 Å². The van der Waals surface area contributed by atoms with Crippen LogP contribution in [-0.4, -0.2) is 40.8 Å². The Hall–Kier alpha value is -1.82. The van der Waals surface area contributed by atoms with Gasteiger partial charge in [0.1, 0.15) is 11.5 Å². The number of piperidine rings is 1. The number of hydrogen-bond donors (Lipinski definition) is 2. The first kappa shape index (κ1) is 13.6. The van der Waals surface area contributed by atoms with Crippen LogP contribution in [-0.2, 0) is 7.05 Å². The molecule has 0 radical (unpaired) electrons. The van der Waals surface area contributed by atoms with Crippen molar-refractivity contribution in [1.29, 1.82) is 0 Å². The van der Waals surface area contributed by atoms with E-state index in [9.17, 15) is 4.79 Å². The quantitative estimate of drug-likeness (QED) is 0.472. The third kappa shape index (κ3) is 3.82. The molecule has 0 saturated carbocycles. The van der Waals surface area contributed by atoms with Crippen LogP contribution in [0, 0.1) is 0 Å². The molecule has 0 aromatic carbocycles. The number of amides is 1. The number of hydrazone groups is 1. The first-order valence-electron chi connectivity index (χ1n) is 6.63. The fourth-order valence-electron chi connectivity index (χ4n) is 2.26. The summed E-state index contributed by atoms with van der Waals surface area (Å²) in [6.07, 6.45) is 5.53. The molecule has 1 aliphatic rings. The number of likely N-dealkylation sites (tertiary alicyclic amines) is 1. The first-order valence-corrected chi connectivity index (χ1v) is 6.63. The molecule has 2 heterocycles. The molecule has 1 fully saturated rings. The second-order valence-corrected chi connectivity index (χ2v) is 4.89. The summed E-state index contributed by atoms with van der Waals surface area (Å²) in [5.41, 5.74) is 8.89. The van der Waals surface area contributed by atoms with Gasteiger partial charge in [-0.2, -0.15) is 5.10 Å². The lowest BCUT2D eigenvalue weighted by molar-refractivity contribution is 0.0946. The Labute approximate surface area is 113 Å². The summed E-state index contributed by atoms with van der Waals surface area (Å²) >= 11 is 0. The number of rotatable bonds is 4. The first-order chi connectivity index (χ1) is 9.16. The van der Waals surface area contributed by atoms with Gasteiger partial charge in [-0.25, -0.2) is 5.43 Å². The molecule has 1 amide bonds. The predicted octanol–water partition coefficient (Wildman–Crippen LogP) is 0.513. The van der Waals surface area contributed by atoms with Gasteiger partial charge in [0, 0.05) is 13.2 Å². The summed E-state index contributed by atoms with van der Waals surface area (Å²) < 4.78 is 1.74. The van der Waals surface area contributed by atoms with Gasteiger partial charge >= 0.3 is 0 Å². The number of aromatic nitrogens is 1. The van der Waals surface area contributed by atoms with Crippen LogP contribution in [0.15, 0.2) is 23.4 Å². The summed E-state index contributed by atoms with van der Waals surface area (Å²) in [5.74, 6) is 0.207. The molecule has 0 unspecified atom stereocenters. The number of amidine groups is 1. The van der Waals surface area contributed by atoms with E-state index < -0.39 is 0 Å².